The summed E-state index contributed by atoms with van der Waals surface area (Å²) in [6.07, 6.45) is 3.80. The van der Waals surface area contributed by atoms with Crippen molar-refractivity contribution in [1.82, 2.24) is 0 Å². The summed E-state index contributed by atoms with van der Waals surface area (Å²) in [5, 5.41) is 14.6. The molecule has 2 aliphatic heterocycles. The van der Waals surface area contributed by atoms with E-state index in [2.05, 4.69) is 5.32 Å². The molecule has 2 heterocycles. The van der Waals surface area contributed by atoms with E-state index in [1.54, 1.807) is 6.07 Å². The molecule has 3 rings (SSSR count). The summed E-state index contributed by atoms with van der Waals surface area (Å²) in [6, 6.07) is 3.20. The normalized spacial score (nSPS) is 28.6. The lowest BCUT2D eigenvalue weighted by Crippen LogP contribution is -2.30. The van der Waals surface area contributed by atoms with Gasteiger partial charge in [0, 0.05) is 12.1 Å². The predicted molar refractivity (Wildman–Crippen MR) is 72.8 cm³/mol. The summed E-state index contributed by atoms with van der Waals surface area (Å²) in [4.78, 5) is 10.3. The summed E-state index contributed by atoms with van der Waals surface area (Å²) in [7, 11) is 0. The lowest BCUT2D eigenvalue weighted by molar-refractivity contribution is -0.384. The Morgan fingerprint density at radius 1 is 1.47 bits per heavy atom. The van der Waals surface area contributed by atoms with Gasteiger partial charge in [-0.2, -0.15) is 0 Å². The van der Waals surface area contributed by atoms with Gasteiger partial charge in [-0.15, -0.1) is 0 Å². The minimum atomic E-state index is -0.427. The molecule has 0 radical (unpaired) electrons. The van der Waals surface area contributed by atoms with Gasteiger partial charge in [-0.05, 0) is 31.7 Å². The SMILES string of the molecule is Cc1cc([N+](=O)[O-])cc(Cl)c1N[C@@H]1C[C@H]2CC[C@@H]1O2. The molecule has 19 heavy (non-hydrogen) atoms. The number of halogens is 1. The molecule has 2 bridgehead atoms. The first-order chi connectivity index (χ1) is 9.04. The Bertz CT molecular complexity index is 512. The minimum Gasteiger partial charge on any atom is -0.378 e. The van der Waals surface area contributed by atoms with Crippen molar-refractivity contribution < 1.29 is 9.66 Å². The summed E-state index contributed by atoms with van der Waals surface area (Å²) in [6.45, 7) is 1.83. The lowest BCUT2D eigenvalue weighted by atomic mass is 9.95. The van der Waals surface area contributed by atoms with Gasteiger partial charge in [0.2, 0.25) is 0 Å². The first-order valence-corrected chi connectivity index (χ1v) is 6.79. The second-order valence-corrected chi connectivity index (χ2v) is 5.64. The number of hydrogen-bond donors (Lipinski definition) is 1. The van der Waals surface area contributed by atoms with Crippen LogP contribution in [0.4, 0.5) is 11.4 Å². The molecule has 3 atom stereocenters. The number of non-ortho nitro benzene ring substituents is 1. The molecule has 0 aliphatic carbocycles. The number of nitrogens with zero attached hydrogens (tertiary/aromatic N) is 1. The van der Waals surface area contributed by atoms with Crippen molar-refractivity contribution in [3.8, 4) is 0 Å². The van der Waals surface area contributed by atoms with Crippen LogP contribution in [0.5, 0.6) is 0 Å². The van der Waals surface area contributed by atoms with Crippen LogP contribution in [0.2, 0.25) is 5.02 Å². The Morgan fingerprint density at radius 3 is 2.79 bits per heavy atom. The van der Waals surface area contributed by atoms with E-state index in [0.29, 0.717) is 11.1 Å². The molecular weight excluding hydrogens is 268 g/mol. The maximum atomic E-state index is 10.8. The van der Waals surface area contributed by atoms with Crippen molar-refractivity contribution in [1.29, 1.82) is 0 Å². The quantitative estimate of drug-likeness (QED) is 0.682. The van der Waals surface area contributed by atoms with E-state index >= 15 is 0 Å². The fraction of sp³-hybridized carbons (Fsp3) is 0.538. The summed E-state index contributed by atoms with van der Waals surface area (Å²) in [5.41, 5.74) is 1.60. The van der Waals surface area contributed by atoms with E-state index in [-0.39, 0.29) is 17.8 Å². The Morgan fingerprint density at radius 2 is 2.26 bits per heavy atom. The van der Waals surface area contributed by atoms with Gasteiger partial charge in [-0.1, -0.05) is 11.6 Å². The third-order valence-corrected chi connectivity index (χ3v) is 4.22. The summed E-state index contributed by atoms with van der Waals surface area (Å²) >= 11 is 6.15. The van der Waals surface area contributed by atoms with Crippen molar-refractivity contribution in [2.24, 2.45) is 0 Å². The second kappa shape index (κ2) is 4.65. The van der Waals surface area contributed by atoms with E-state index in [9.17, 15) is 10.1 Å². The molecule has 1 aromatic rings. The summed E-state index contributed by atoms with van der Waals surface area (Å²) < 4.78 is 5.78. The van der Waals surface area contributed by atoms with E-state index in [1.807, 2.05) is 6.92 Å². The van der Waals surface area contributed by atoms with Crippen LogP contribution in [-0.4, -0.2) is 23.2 Å². The average Bonchev–Trinajstić information content (AvgIpc) is 2.95. The molecule has 2 aliphatic rings. The van der Waals surface area contributed by atoms with Crippen LogP contribution in [0.15, 0.2) is 12.1 Å². The Kier molecular flexibility index (Phi) is 3.11. The zero-order chi connectivity index (χ0) is 13.6. The minimum absolute atomic E-state index is 0.0252. The van der Waals surface area contributed by atoms with Gasteiger partial charge in [-0.25, -0.2) is 0 Å². The molecule has 6 heteroatoms. The second-order valence-electron chi connectivity index (χ2n) is 5.24. The van der Waals surface area contributed by atoms with Crippen LogP contribution in [0.3, 0.4) is 0 Å². The van der Waals surface area contributed by atoms with Crippen LogP contribution in [0.1, 0.15) is 24.8 Å². The predicted octanol–water partition coefficient (Wildman–Crippen LogP) is 3.29. The van der Waals surface area contributed by atoms with Gasteiger partial charge in [0.1, 0.15) is 0 Å². The molecule has 102 valence electrons. The van der Waals surface area contributed by atoms with Gasteiger partial charge < -0.3 is 10.1 Å². The monoisotopic (exact) mass is 282 g/mol. The number of hydrogen-bond acceptors (Lipinski definition) is 4. The highest BCUT2D eigenvalue weighted by Crippen LogP contribution is 2.38. The zero-order valence-electron chi connectivity index (χ0n) is 10.6. The van der Waals surface area contributed by atoms with E-state index in [0.717, 1.165) is 30.5 Å². The molecule has 0 unspecified atom stereocenters. The molecule has 5 nitrogen and oxygen atoms in total. The molecule has 0 saturated carbocycles. The molecule has 2 fully saturated rings. The number of benzene rings is 1. The van der Waals surface area contributed by atoms with Crippen LogP contribution >= 0.6 is 11.6 Å². The molecule has 0 aromatic heterocycles. The van der Waals surface area contributed by atoms with Crippen LogP contribution in [0.25, 0.3) is 0 Å². The van der Waals surface area contributed by atoms with Crippen LogP contribution < -0.4 is 5.32 Å². The number of rotatable bonds is 3. The first-order valence-electron chi connectivity index (χ1n) is 6.41. The molecule has 1 N–H and O–H groups in total. The van der Waals surface area contributed by atoms with Crippen LogP contribution in [-0.2, 0) is 4.74 Å². The van der Waals surface area contributed by atoms with Crippen molar-refractivity contribution in [2.75, 3.05) is 5.32 Å². The largest absolute Gasteiger partial charge is 0.378 e. The number of anilines is 1. The van der Waals surface area contributed by atoms with Crippen LogP contribution in [0, 0.1) is 17.0 Å². The maximum Gasteiger partial charge on any atom is 0.271 e. The van der Waals surface area contributed by atoms with Crippen molar-refractivity contribution >= 4 is 23.0 Å². The molecule has 0 amide bonds. The number of aryl methyl sites for hydroxylation is 1. The van der Waals surface area contributed by atoms with Gasteiger partial charge in [0.05, 0.1) is 33.9 Å². The van der Waals surface area contributed by atoms with E-state index < -0.39 is 4.92 Å². The number of nitro groups is 1. The van der Waals surface area contributed by atoms with Crippen molar-refractivity contribution in [2.45, 2.75) is 44.4 Å². The first kappa shape index (κ1) is 12.7. The van der Waals surface area contributed by atoms with Crippen molar-refractivity contribution in [3.05, 3.63) is 32.8 Å². The van der Waals surface area contributed by atoms with Gasteiger partial charge in [-0.3, -0.25) is 10.1 Å². The lowest BCUT2D eigenvalue weighted by Gasteiger charge is -2.23. The third-order valence-electron chi connectivity index (χ3n) is 3.92. The average molecular weight is 283 g/mol. The van der Waals surface area contributed by atoms with Gasteiger partial charge >= 0.3 is 0 Å². The third kappa shape index (κ3) is 2.28. The topological polar surface area (TPSA) is 64.4 Å². The van der Waals surface area contributed by atoms with Crippen molar-refractivity contribution in [3.63, 3.8) is 0 Å². The molecular formula is C13H15ClN2O3. The molecule has 0 spiro atoms. The molecule has 2 saturated heterocycles. The molecule has 1 aromatic carbocycles. The fourth-order valence-corrected chi connectivity index (χ4v) is 3.30. The van der Waals surface area contributed by atoms with E-state index in [1.165, 1.54) is 6.07 Å². The Hall–Kier alpha value is -1.33. The number of fused-ring (bicyclic) bond motifs is 2. The van der Waals surface area contributed by atoms with E-state index in [4.69, 9.17) is 16.3 Å². The van der Waals surface area contributed by atoms with Gasteiger partial charge in [0.15, 0.2) is 0 Å². The number of nitro benzene ring substituents is 1. The Balaban J connectivity index is 1.83. The fourth-order valence-electron chi connectivity index (χ4n) is 2.99. The zero-order valence-corrected chi connectivity index (χ0v) is 11.3. The standard InChI is InChI=1S/C13H15ClN2O3/c1-7-4-8(16(17)18)5-10(14)13(7)15-11-6-9-2-3-12(11)19-9/h4-5,9,11-12,15H,2-3,6H2,1H3/t9-,11-,12+/m1/s1. The summed E-state index contributed by atoms with van der Waals surface area (Å²) in [5.74, 6) is 0. The highest BCUT2D eigenvalue weighted by atomic mass is 35.5. The van der Waals surface area contributed by atoms with Gasteiger partial charge in [0.25, 0.3) is 5.69 Å². The highest BCUT2D eigenvalue weighted by molar-refractivity contribution is 6.33. The Labute approximate surface area is 116 Å². The number of nitrogens with one attached hydrogen (secondary N) is 1. The maximum absolute atomic E-state index is 10.8. The smallest absolute Gasteiger partial charge is 0.271 e. The number of ether oxygens (including phenoxy) is 1. The highest BCUT2D eigenvalue weighted by Gasteiger charge is 2.41.